The summed E-state index contributed by atoms with van der Waals surface area (Å²) in [7, 11) is -3.42. The second kappa shape index (κ2) is 6.70. The molecule has 0 aromatic heterocycles. The number of rotatable bonds is 6. The van der Waals surface area contributed by atoms with Crippen LogP contribution in [-0.2, 0) is 20.4 Å². The molecule has 4 nitrogen and oxygen atoms in total. The van der Waals surface area contributed by atoms with Gasteiger partial charge in [-0.05, 0) is 18.4 Å². The highest BCUT2D eigenvalue weighted by Gasteiger charge is 2.19. The van der Waals surface area contributed by atoms with Crippen molar-refractivity contribution in [3.8, 4) is 0 Å². The Bertz CT molecular complexity index is 509. The first kappa shape index (κ1) is 15.7. The first-order chi connectivity index (χ1) is 8.80. The van der Waals surface area contributed by atoms with Crippen LogP contribution in [0.5, 0.6) is 0 Å². The maximum absolute atomic E-state index is 11.9. The van der Waals surface area contributed by atoms with Crippen LogP contribution < -0.4 is 5.32 Å². The lowest BCUT2D eigenvalue weighted by Gasteiger charge is -2.17. The molecule has 19 heavy (non-hydrogen) atoms. The van der Waals surface area contributed by atoms with Gasteiger partial charge in [-0.1, -0.05) is 44.2 Å². The summed E-state index contributed by atoms with van der Waals surface area (Å²) in [5.41, 5.74) is 0.701. The molecule has 0 bridgehead atoms. The standard InChI is InChI=1S/C14H21NO3S/c1-11(2)12(3)15-14(16)10-19(17,18)9-13-7-5-4-6-8-13/h4-8,11-12H,9-10H2,1-3H3,(H,15,16). The minimum atomic E-state index is -3.42. The molecular formula is C14H21NO3S. The van der Waals surface area contributed by atoms with Gasteiger partial charge in [-0.3, -0.25) is 4.79 Å². The molecule has 1 unspecified atom stereocenters. The Morgan fingerprint density at radius 2 is 1.74 bits per heavy atom. The van der Waals surface area contributed by atoms with E-state index in [2.05, 4.69) is 5.32 Å². The van der Waals surface area contributed by atoms with E-state index in [0.29, 0.717) is 5.56 Å². The molecule has 0 saturated carbocycles. The fraction of sp³-hybridized carbons (Fsp3) is 0.500. The van der Waals surface area contributed by atoms with Crippen molar-refractivity contribution in [1.29, 1.82) is 0 Å². The molecule has 5 heteroatoms. The summed E-state index contributed by atoms with van der Waals surface area (Å²) in [4.78, 5) is 11.7. The Kier molecular flexibility index (Phi) is 5.54. The topological polar surface area (TPSA) is 63.2 Å². The third-order valence-corrected chi connectivity index (χ3v) is 4.44. The molecule has 0 aliphatic heterocycles. The number of hydrogen-bond donors (Lipinski definition) is 1. The summed E-state index contributed by atoms with van der Waals surface area (Å²) in [6.45, 7) is 5.82. The van der Waals surface area contributed by atoms with E-state index in [1.807, 2.05) is 26.8 Å². The number of carbonyl (C=O) groups is 1. The number of amides is 1. The highest BCUT2D eigenvalue weighted by molar-refractivity contribution is 7.91. The van der Waals surface area contributed by atoms with Crippen molar-refractivity contribution in [2.45, 2.75) is 32.6 Å². The van der Waals surface area contributed by atoms with Crippen LogP contribution in [0.15, 0.2) is 30.3 Å². The zero-order valence-corrected chi connectivity index (χ0v) is 12.4. The fourth-order valence-corrected chi connectivity index (χ4v) is 2.83. The highest BCUT2D eigenvalue weighted by Crippen LogP contribution is 2.06. The predicted octanol–water partition coefficient (Wildman–Crippen LogP) is 1.76. The van der Waals surface area contributed by atoms with Gasteiger partial charge in [-0.15, -0.1) is 0 Å². The number of hydrogen-bond acceptors (Lipinski definition) is 3. The lowest BCUT2D eigenvalue weighted by atomic mass is 10.1. The quantitative estimate of drug-likeness (QED) is 0.865. The maximum atomic E-state index is 11.9. The van der Waals surface area contributed by atoms with Crippen LogP contribution in [-0.4, -0.2) is 26.1 Å². The number of benzene rings is 1. The normalized spacial score (nSPS) is 13.3. The average molecular weight is 283 g/mol. The molecule has 1 amide bonds. The van der Waals surface area contributed by atoms with Gasteiger partial charge < -0.3 is 5.32 Å². The molecule has 0 radical (unpaired) electrons. The van der Waals surface area contributed by atoms with Crippen molar-refractivity contribution in [2.75, 3.05) is 5.75 Å². The molecule has 106 valence electrons. The largest absolute Gasteiger partial charge is 0.353 e. The Balaban J connectivity index is 2.58. The molecule has 0 spiro atoms. The van der Waals surface area contributed by atoms with Gasteiger partial charge in [0.05, 0.1) is 5.75 Å². The van der Waals surface area contributed by atoms with E-state index in [1.165, 1.54) is 0 Å². The van der Waals surface area contributed by atoms with Crippen LogP contribution in [0.25, 0.3) is 0 Å². The van der Waals surface area contributed by atoms with Crippen LogP contribution in [0.4, 0.5) is 0 Å². The van der Waals surface area contributed by atoms with Crippen LogP contribution in [0.3, 0.4) is 0 Å². The van der Waals surface area contributed by atoms with E-state index < -0.39 is 21.5 Å². The van der Waals surface area contributed by atoms with Gasteiger partial charge >= 0.3 is 0 Å². The van der Waals surface area contributed by atoms with Gasteiger partial charge in [-0.25, -0.2) is 8.42 Å². The smallest absolute Gasteiger partial charge is 0.235 e. The maximum Gasteiger partial charge on any atom is 0.235 e. The SMILES string of the molecule is CC(C)C(C)NC(=O)CS(=O)(=O)Cc1ccccc1. The second-order valence-corrected chi connectivity index (χ2v) is 7.18. The molecule has 0 aliphatic carbocycles. The molecule has 1 N–H and O–H groups in total. The fourth-order valence-electron chi connectivity index (χ4n) is 1.54. The number of nitrogens with one attached hydrogen (secondary N) is 1. The Hall–Kier alpha value is -1.36. The molecule has 0 aliphatic rings. The Morgan fingerprint density at radius 1 is 1.16 bits per heavy atom. The van der Waals surface area contributed by atoms with Crippen molar-refractivity contribution in [3.05, 3.63) is 35.9 Å². The van der Waals surface area contributed by atoms with Crippen molar-refractivity contribution >= 4 is 15.7 Å². The molecule has 1 rings (SSSR count). The van der Waals surface area contributed by atoms with E-state index >= 15 is 0 Å². The van der Waals surface area contributed by atoms with Gasteiger partial charge in [0.25, 0.3) is 0 Å². The van der Waals surface area contributed by atoms with Crippen molar-refractivity contribution in [2.24, 2.45) is 5.92 Å². The van der Waals surface area contributed by atoms with E-state index in [4.69, 9.17) is 0 Å². The lowest BCUT2D eigenvalue weighted by molar-refractivity contribution is -0.119. The molecule has 1 aromatic carbocycles. The minimum absolute atomic E-state index is 0.0283. The second-order valence-electron chi connectivity index (χ2n) is 5.12. The summed E-state index contributed by atoms with van der Waals surface area (Å²) < 4.78 is 23.8. The van der Waals surface area contributed by atoms with Crippen molar-refractivity contribution < 1.29 is 13.2 Å². The summed E-state index contributed by atoms with van der Waals surface area (Å²) in [5, 5.41) is 2.70. The van der Waals surface area contributed by atoms with Crippen LogP contribution >= 0.6 is 0 Å². The van der Waals surface area contributed by atoms with Crippen molar-refractivity contribution in [1.82, 2.24) is 5.32 Å². The molecule has 0 fully saturated rings. The Morgan fingerprint density at radius 3 is 2.26 bits per heavy atom. The molecule has 1 atom stereocenters. The molecule has 0 heterocycles. The molecule has 1 aromatic rings. The summed E-state index contributed by atoms with van der Waals surface area (Å²) >= 11 is 0. The molecule has 0 saturated heterocycles. The highest BCUT2D eigenvalue weighted by atomic mass is 32.2. The zero-order chi connectivity index (χ0) is 14.5. The van der Waals surface area contributed by atoms with Crippen molar-refractivity contribution in [3.63, 3.8) is 0 Å². The molecular weight excluding hydrogens is 262 g/mol. The lowest BCUT2D eigenvalue weighted by Crippen LogP contribution is -2.39. The average Bonchev–Trinajstić information content (AvgIpc) is 2.28. The number of sulfone groups is 1. The van der Waals surface area contributed by atoms with Gasteiger partial charge in [0, 0.05) is 6.04 Å². The first-order valence-corrected chi connectivity index (χ1v) is 8.16. The third kappa shape index (κ3) is 5.87. The van der Waals surface area contributed by atoms with Crippen LogP contribution in [0.1, 0.15) is 26.3 Å². The number of carbonyl (C=O) groups excluding carboxylic acids is 1. The zero-order valence-electron chi connectivity index (χ0n) is 11.6. The summed E-state index contributed by atoms with van der Waals surface area (Å²) in [5.74, 6) is -0.714. The van der Waals surface area contributed by atoms with E-state index in [0.717, 1.165) is 0 Å². The van der Waals surface area contributed by atoms with Gasteiger partial charge in [0.15, 0.2) is 9.84 Å². The van der Waals surface area contributed by atoms with E-state index in [9.17, 15) is 13.2 Å². The van der Waals surface area contributed by atoms with E-state index in [1.54, 1.807) is 24.3 Å². The van der Waals surface area contributed by atoms with E-state index in [-0.39, 0.29) is 17.7 Å². The minimum Gasteiger partial charge on any atom is -0.353 e. The summed E-state index contributed by atoms with van der Waals surface area (Å²) in [6.07, 6.45) is 0. The predicted molar refractivity (Wildman–Crippen MR) is 76.4 cm³/mol. The third-order valence-electron chi connectivity index (χ3n) is 2.97. The van der Waals surface area contributed by atoms with Gasteiger partial charge in [-0.2, -0.15) is 0 Å². The van der Waals surface area contributed by atoms with Gasteiger partial charge in [0.1, 0.15) is 5.75 Å². The monoisotopic (exact) mass is 283 g/mol. The van der Waals surface area contributed by atoms with Gasteiger partial charge in [0.2, 0.25) is 5.91 Å². The van der Waals surface area contributed by atoms with Crippen LogP contribution in [0, 0.1) is 5.92 Å². The summed E-state index contributed by atoms with van der Waals surface area (Å²) in [6, 6.07) is 8.85. The Labute approximate surface area is 115 Å². The van der Waals surface area contributed by atoms with Crippen LogP contribution in [0.2, 0.25) is 0 Å². The first-order valence-electron chi connectivity index (χ1n) is 6.34.